The van der Waals surface area contributed by atoms with Crippen molar-refractivity contribution in [3.05, 3.63) is 29.3 Å². The molecule has 0 saturated heterocycles. The van der Waals surface area contributed by atoms with E-state index in [0.717, 1.165) is 16.8 Å². The molecule has 2 unspecified atom stereocenters. The van der Waals surface area contributed by atoms with Crippen LogP contribution in [0.5, 0.6) is 0 Å². The summed E-state index contributed by atoms with van der Waals surface area (Å²) in [5, 5.41) is 2.85. The quantitative estimate of drug-likeness (QED) is 0.820. The number of amides is 2. The van der Waals surface area contributed by atoms with Crippen LogP contribution in [0.4, 0.5) is 5.69 Å². The number of carbonyl (C=O) groups excluding carboxylic acids is 2. The molecule has 1 aliphatic heterocycles. The first-order chi connectivity index (χ1) is 9.93. The van der Waals surface area contributed by atoms with E-state index in [1.165, 1.54) is 7.11 Å². The number of ether oxygens (including phenoxy) is 1. The molecule has 0 aliphatic carbocycles. The van der Waals surface area contributed by atoms with Crippen molar-refractivity contribution in [2.45, 2.75) is 25.4 Å². The van der Waals surface area contributed by atoms with Gasteiger partial charge in [0.05, 0.1) is 19.1 Å². The average molecular weight is 291 g/mol. The fraction of sp³-hybridized carbons (Fsp3) is 0.467. The number of nitrogens with one attached hydrogen (secondary N) is 1. The number of hydrogen-bond acceptors (Lipinski definition) is 4. The first kappa shape index (κ1) is 15.5. The van der Waals surface area contributed by atoms with Crippen LogP contribution >= 0.6 is 0 Å². The van der Waals surface area contributed by atoms with E-state index < -0.39 is 6.04 Å². The summed E-state index contributed by atoms with van der Waals surface area (Å²) in [6, 6.07) is 4.93. The lowest BCUT2D eigenvalue weighted by molar-refractivity contribution is -0.124. The van der Waals surface area contributed by atoms with Crippen LogP contribution in [0, 0.1) is 0 Å². The topological polar surface area (TPSA) is 84.7 Å². The maximum Gasteiger partial charge on any atom is 0.239 e. The lowest BCUT2D eigenvalue weighted by Gasteiger charge is -2.18. The van der Waals surface area contributed by atoms with Crippen LogP contribution < -0.4 is 16.0 Å². The lowest BCUT2D eigenvalue weighted by atomic mass is 10.0. The van der Waals surface area contributed by atoms with Crippen LogP contribution in [0.15, 0.2) is 18.2 Å². The van der Waals surface area contributed by atoms with Gasteiger partial charge in [-0.15, -0.1) is 0 Å². The van der Waals surface area contributed by atoms with Crippen LogP contribution in [-0.2, 0) is 20.7 Å². The first-order valence-electron chi connectivity index (χ1n) is 6.88. The molecule has 2 amide bonds. The molecule has 0 radical (unpaired) electrons. The van der Waals surface area contributed by atoms with Gasteiger partial charge in [0.2, 0.25) is 11.8 Å². The maximum atomic E-state index is 11.9. The third-order valence-electron chi connectivity index (χ3n) is 3.72. The van der Waals surface area contributed by atoms with Gasteiger partial charge in [-0.25, -0.2) is 0 Å². The molecule has 0 bridgehead atoms. The minimum Gasteiger partial charge on any atom is -0.383 e. The first-order valence-corrected chi connectivity index (χ1v) is 6.88. The van der Waals surface area contributed by atoms with Gasteiger partial charge >= 0.3 is 0 Å². The third kappa shape index (κ3) is 3.22. The summed E-state index contributed by atoms with van der Waals surface area (Å²) < 4.78 is 4.87. The van der Waals surface area contributed by atoms with E-state index in [0.29, 0.717) is 6.42 Å². The zero-order chi connectivity index (χ0) is 15.6. The van der Waals surface area contributed by atoms with Crippen molar-refractivity contribution in [1.29, 1.82) is 0 Å². The zero-order valence-corrected chi connectivity index (χ0v) is 12.6. The van der Waals surface area contributed by atoms with Gasteiger partial charge in [0.25, 0.3) is 0 Å². The molecule has 2 atom stereocenters. The molecule has 2 rings (SSSR count). The summed E-state index contributed by atoms with van der Waals surface area (Å²) in [7, 11) is 3.27. The molecular weight excluding hydrogens is 270 g/mol. The molecule has 21 heavy (non-hydrogen) atoms. The Morgan fingerprint density at radius 1 is 1.52 bits per heavy atom. The van der Waals surface area contributed by atoms with E-state index in [2.05, 4.69) is 5.32 Å². The van der Waals surface area contributed by atoms with Gasteiger partial charge in [-0.05, 0) is 24.1 Å². The van der Waals surface area contributed by atoms with Crippen LogP contribution in [0.2, 0.25) is 0 Å². The second-order valence-electron chi connectivity index (χ2n) is 5.31. The fourth-order valence-corrected chi connectivity index (χ4v) is 2.42. The SMILES string of the molecule is COCC(N)C(=O)NC(C)c1ccc2c(c1)CC(=O)N2C. The number of nitrogens with zero attached hydrogens (tertiary/aromatic N) is 1. The Hall–Kier alpha value is -1.92. The number of fused-ring (bicyclic) bond motifs is 1. The van der Waals surface area contributed by atoms with E-state index in [-0.39, 0.29) is 24.5 Å². The largest absolute Gasteiger partial charge is 0.383 e. The van der Waals surface area contributed by atoms with Crippen molar-refractivity contribution >= 4 is 17.5 Å². The minimum absolute atomic E-state index is 0.0842. The number of likely N-dealkylation sites (N-methyl/N-ethyl adjacent to an activating group) is 1. The predicted octanol–water partition coefficient (Wildman–Crippen LogP) is 0.356. The van der Waals surface area contributed by atoms with E-state index in [4.69, 9.17) is 10.5 Å². The Labute approximate surface area is 124 Å². The smallest absolute Gasteiger partial charge is 0.239 e. The second-order valence-corrected chi connectivity index (χ2v) is 5.31. The summed E-state index contributed by atoms with van der Waals surface area (Å²) in [5.41, 5.74) is 8.56. The molecule has 6 nitrogen and oxygen atoms in total. The van der Waals surface area contributed by atoms with Gasteiger partial charge in [-0.3, -0.25) is 9.59 Å². The molecule has 6 heteroatoms. The molecule has 3 N–H and O–H groups in total. The Balaban J connectivity index is 2.08. The summed E-state index contributed by atoms with van der Waals surface area (Å²) in [5.74, 6) is -0.168. The standard InChI is InChI=1S/C15H21N3O3/c1-9(17-15(20)12(16)8-21-3)10-4-5-13-11(6-10)7-14(19)18(13)2/h4-6,9,12H,7-8,16H2,1-3H3,(H,17,20). The van der Waals surface area contributed by atoms with Crippen molar-refractivity contribution in [3.63, 3.8) is 0 Å². The molecule has 1 aliphatic rings. The van der Waals surface area contributed by atoms with Crippen molar-refractivity contribution in [1.82, 2.24) is 5.32 Å². The molecule has 0 fully saturated rings. The van der Waals surface area contributed by atoms with Crippen LogP contribution in [0.3, 0.4) is 0 Å². The van der Waals surface area contributed by atoms with E-state index in [9.17, 15) is 9.59 Å². The molecule has 1 aromatic rings. The van der Waals surface area contributed by atoms with Gasteiger partial charge in [-0.2, -0.15) is 0 Å². The molecule has 0 saturated carbocycles. The summed E-state index contributed by atoms with van der Waals surface area (Å²) in [4.78, 5) is 25.2. The van der Waals surface area contributed by atoms with E-state index >= 15 is 0 Å². The second kappa shape index (κ2) is 6.24. The molecule has 1 aromatic carbocycles. The van der Waals surface area contributed by atoms with Gasteiger partial charge in [0.1, 0.15) is 6.04 Å². The number of nitrogens with two attached hydrogens (primary N) is 1. The molecule has 0 spiro atoms. The van der Waals surface area contributed by atoms with Crippen LogP contribution in [0.25, 0.3) is 0 Å². The number of rotatable bonds is 5. The Bertz CT molecular complexity index is 559. The Morgan fingerprint density at radius 3 is 2.90 bits per heavy atom. The van der Waals surface area contributed by atoms with E-state index in [1.807, 2.05) is 25.1 Å². The maximum absolute atomic E-state index is 11.9. The minimum atomic E-state index is -0.681. The predicted molar refractivity (Wildman–Crippen MR) is 80.0 cm³/mol. The highest BCUT2D eigenvalue weighted by Crippen LogP contribution is 2.30. The molecule has 114 valence electrons. The van der Waals surface area contributed by atoms with Crippen molar-refractivity contribution in [2.24, 2.45) is 5.73 Å². The van der Waals surface area contributed by atoms with E-state index in [1.54, 1.807) is 11.9 Å². The number of methoxy groups -OCH3 is 1. The molecule has 0 aromatic heterocycles. The lowest BCUT2D eigenvalue weighted by Crippen LogP contribution is -2.44. The van der Waals surface area contributed by atoms with Gasteiger partial charge in [0.15, 0.2) is 0 Å². The highest BCUT2D eigenvalue weighted by atomic mass is 16.5. The van der Waals surface area contributed by atoms with Crippen LogP contribution in [0.1, 0.15) is 24.1 Å². The summed E-state index contributed by atoms with van der Waals surface area (Å²) in [6.45, 7) is 2.07. The summed E-state index contributed by atoms with van der Waals surface area (Å²) >= 11 is 0. The van der Waals surface area contributed by atoms with Crippen molar-refractivity contribution in [2.75, 3.05) is 25.7 Å². The third-order valence-corrected chi connectivity index (χ3v) is 3.72. The zero-order valence-electron chi connectivity index (χ0n) is 12.6. The van der Waals surface area contributed by atoms with Gasteiger partial charge < -0.3 is 20.7 Å². The Kier molecular flexibility index (Phi) is 4.59. The highest BCUT2D eigenvalue weighted by Gasteiger charge is 2.25. The van der Waals surface area contributed by atoms with Crippen molar-refractivity contribution in [3.8, 4) is 0 Å². The number of anilines is 1. The monoisotopic (exact) mass is 291 g/mol. The van der Waals surface area contributed by atoms with Gasteiger partial charge in [0, 0.05) is 19.8 Å². The van der Waals surface area contributed by atoms with Crippen molar-refractivity contribution < 1.29 is 14.3 Å². The Morgan fingerprint density at radius 2 is 2.24 bits per heavy atom. The van der Waals surface area contributed by atoms with Crippen LogP contribution in [-0.4, -0.2) is 38.6 Å². The fourth-order valence-electron chi connectivity index (χ4n) is 2.42. The summed E-state index contributed by atoms with van der Waals surface area (Å²) in [6.07, 6.45) is 0.406. The van der Waals surface area contributed by atoms with Gasteiger partial charge in [-0.1, -0.05) is 12.1 Å². The number of carbonyl (C=O) groups is 2. The molecule has 1 heterocycles. The average Bonchev–Trinajstić information content (AvgIpc) is 2.73. The normalized spacial score (nSPS) is 16.6. The highest BCUT2D eigenvalue weighted by molar-refractivity contribution is 6.00. The number of hydrogen-bond donors (Lipinski definition) is 2. The molecular formula is C15H21N3O3. The number of benzene rings is 1.